The molecule has 3 heterocycles. The zero-order chi connectivity index (χ0) is 19.1. The molecule has 0 unspecified atom stereocenters. The molecule has 0 saturated carbocycles. The monoisotopic (exact) mass is 372 g/mol. The van der Waals surface area contributed by atoms with Gasteiger partial charge in [-0.2, -0.15) is 5.10 Å². The first-order chi connectivity index (χ1) is 13.7. The number of aromatic amines is 1. The molecule has 4 aromatic rings. The van der Waals surface area contributed by atoms with Gasteiger partial charge in [0.1, 0.15) is 12.4 Å². The Hall–Kier alpha value is -3.54. The number of benzene rings is 2. The standard InChI is InChI=1S/C22H20N4O2/c1-26-21-16-7-3-5-9-19(16)28-13-17(21)20(25-26)22(27)23-11-10-14-12-24-18-8-4-2-6-15(14)18/h2-9,12,24H,10-11,13H2,1H3,(H,23,27). The molecule has 2 aromatic carbocycles. The number of nitrogens with one attached hydrogen (secondary N) is 2. The topological polar surface area (TPSA) is 71.9 Å². The Labute approximate surface area is 162 Å². The van der Waals surface area contributed by atoms with E-state index >= 15 is 0 Å². The number of aryl methyl sites for hydroxylation is 1. The smallest absolute Gasteiger partial charge is 0.272 e. The Morgan fingerprint density at radius 3 is 2.96 bits per heavy atom. The molecule has 0 spiro atoms. The highest BCUT2D eigenvalue weighted by molar-refractivity contribution is 5.96. The lowest BCUT2D eigenvalue weighted by atomic mass is 10.0. The number of amides is 1. The minimum Gasteiger partial charge on any atom is -0.488 e. The van der Waals surface area contributed by atoms with Crippen molar-refractivity contribution in [1.29, 1.82) is 0 Å². The second kappa shape index (κ2) is 6.56. The largest absolute Gasteiger partial charge is 0.488 e. The van der Waals surface area contributed by atoms with Crippen molar-refractivity contribution in [2.45, 2.75) is 13.0 Å². The maximum Gasteiger partial charge on any atom is 0.272 e. The summed E-state index contributed by atoms with van der Waals surface area (Å²) in [6.45, 7) is 0.898. The van der Waals surface area contributed by atoms with Crippen LogP contribution in [0.4, 0.5) is 0 Å². The van der Waals surface area contributed by atoms with E-state index in [4.69, 9.17) is 4.74 Å². The van der Waals surface area contributed by atoms with Crippen molar-refractivity contribution in [3.8, 4) is 17.0 Å². The predicted octanol–water partition coefficient (Wildman–Crippen LogP) is 3.43. The molecular formula is C22H20N4O2. The first-order valence-corrected chi connectivity index (χ1v) is 9.33. The molecule has 2 N–H and O–H groups in total. The van der Waals surface area contributed by atoms with E-state index in [9.17, 15) is 4.79 Å². The van der Waals surface area contributed by atoms with E-state index in [0.29, 0.717) is 18.8 Å². The number of H-pyrrole nitrogens is 1. The van der Waals surface area contributed by atoms with Crippen LogP contribution in [-0.2, 0) is 20.1 Å². The molecule has 1 aliphatic rings. The zero-order valence-electron chi connectivity index (χ0n) is 15.5. The fraction of sp³-hybridized carbons (Fsp3) is 0.182. The number of carbonyl (C=O) groups is 1. The van der Waals surface area contributed by atoms with Crippen molar-refractivity contribution < 1.29 is 9.53 Å². The highest BCUT2D eigenvalue weighted by Gasteiger charge is 2.27. The quantitative estimate of drug-likeness (QED) is 0.576. The highest BCUT2D eigenvalue weighted by atomic mass is 16.5. The van der Waals surface area contributed by atoms with Crippen molar-refractivity contribution in [3.63, 3.8) is 0 Å². The van der Waals surface area contributed by atoms with Gasteiger partial charge in [0.25, 0.3) is 5.91 Å². The third kappa shape index (κ3) is 2.65. The zero-order valence-corrected chi connectivity index (χ0v) is 15.5. The molecule has 0 fully saturated rings. The fourth-order valence-electron chi connectivity index (χ4n) is 3.89. The van der Waals surface area contributed by atoms with Crippen LogP contribution in [0.2, 0.25) is 0 Å². The SMILES string of the molecule is Cn1nc(C(=O)NCCc2c[nH]c3ccccc23)c2c1-c1ccccc1OC2. The average molecular weight is 372 g/mol. The van der Waals surface area contributed by atoms with Crippen molar-refractivity contribution in [3.05, 3.63) is 71.5 Å². The van der Waals surface area contributed by atoms with Gasteiger partial charge in [-0.25, -0.2) is 0 Å². The van der Waals surface area contributed by atoms with Crippen molar-refractivity contribution in [2.24, 2.45) is 7.05 Å². The van der Waals surface area contributed by atoms with Gasteiger partial charge in [0.05, 0.1) is 5.69 Å². The Kier molecular flexibility index (Phi) is 3.90. The molecule has 0 radical (unpaired) electrons. The van der Waals surface area contributed by atoms with Crippen molar-refractivity contribution in [2.75, 3.05) is 6.54 Å². The second-order valence-corrected chi connectivity index (χ2v) is 6.95. The van der Waals surface area contributed by atoms with E-state index in [1.807, 2.05) is 49.6 Å². The number of ether oxygens (including phenoxy) is 1. The molecule has 2 aromatic heterocycles. The molecule has 0 bridgehead atoms. The van der Waals surface area contributed by atoms with Crippen LogP contribution in [-0.4, -0.2) is 27.2 Å². The third-order valence-electron chi connectivity index (χ3n) is 5.23. The minimum atomic E-state index is -0.167. The summed E-state index contributed by atoms with van der Waals surface area (Å²) in [5.74, 6) is 0.656. The molecule has 0 aliphatic carbocycles. The van der Waals surface area contributed by atoms with Gasteiger partial charge < -0.3 is 15.0 Å². The molecule has 140 valence electrons. The summed E-state index contributed by atoms with van der Waals surface area (Å²) in [7, 11) is 1.86. The van der Waals surface area contributed by atoms with Gasteiger partial charge in [-0.3, -0.25) is 9.48 Å². The lowest BCUT2D eigenvalue weighted by Gasteiger charge is -2.18. The number of fused-ring (bicyclic) bond motifs is 4. The summed E-state index contributed by atoms with van der Waals surface area (Å²) in [6.07, 6.45) is 2.76. The summed E-state index contributed by atoms with van der Waals surface area (Å²) in [6, 6.07) is 16.0. The molecule has 0 saturated heterocycles. The first-order valence-electron chi connectivity index (χ1n) is 9.33. The Morgan fingerprint density at radius 2 is 2.04 bits per heavy atom. The van der Waals surface area contributed by atoms with Crippen LogP contribution < -0.4 is 10.1 Å². The first kappa shape index (κ1) is 16.6. The molecule has 1 aliphatic heterocycles. The van der Waals surface area contributed by atoms with Crippen LogP contribution in [0, 0.1) is 0 Å². The Bertz CT molecular complexity index is 1190. The van der Waals surface area contributed by atoms with Crippen LogP contribution >= 0.6 is 0 Å². The van der Waals surface area contributed by atoms with E-state index < -0.39 is 0 Å². The van der Waals surface area contributed by atoms with Gasteiger partial charge in [-0.1, -0.05) is 30.3 Å². The van der Waals surface area contributed by atoms with E-state index in [-0.39, 0.29) is 5.91 Å². The number of para-hydroxylation sites is 2. The number of carbonyl (C=O) groups excluding carboxylic acids is 1. The molecule has 5 rings (SSSR count). The van der Waals surface area contributed by atoms with Gasteiger partial charge in [-0.05, 0) is 30.2 Å². The third-order valence-corrected chi connectivity index (χ3v) is 5.23. The van der Waals surface area contributed by atoms with E-state index in [1.165, 1.54) is 10.9 Å². The predicted molar refractivity (Wildman–Crippen MR) is 107 cm³/mol. The van der Waals surface area contributed by atoms with Crippen LogP contribution in [0.15, 0.2) is 54.7 Å². The number of hydrogen-bond donors (Lipinski definition) is 2. The minimum absolute atomic E-state index is 0.167. The van der Waals surface area contributed by atoms with Crippen molar-refractivity contribution in [1.82, 2.24) is 20.1 Å². The number of aromatic nitrogens is 3. The fourth-order valence-corrected chi connectivity index (χ4v) is 3.89. The number of hydrogen-bond acceptors (Lipinski definition) is 3. The van der Waals surface area contributed by atoms with Gasteiger partial charge in [0, 0.05) is 41.8 Å². The lowest BCUT2D eigenvalue weighted by Crippen LogP contribution is -2.27. The van der Waals surface area contributed by atoms with Crippen LogP contribution in [0.3, 0.4) is 0 Å². The summed E-state index contributed by atoms with van der Waals surface area (Å²) >= 11 is 0. The normalized spacial score (nSPS) is 12.3. The number of rotatable bonds is 4. The van der Waals surface area contributed by atoms with Crippen molar-refractivity contribution >= 4 is 16.8 Å². The average Bonchev–Trinajstić information content (AvgIpc) is 3.29. The maximum atomic E-state index is 12.8. The molecule has 6 nitrogen and oxygen atoms in total. The Balaban J connectivity index is 1.34. The van der Waals surface area contributed by atoms with Crippen LogP contribution in [0.1, 0.15) is 21.6 Å². The summed E-state index contributed by atoms with van der Waals surface area (Å²) in [4.78, 5) is 16.1. The van der Waals surface area contributed by atoms with Gasteiger partial charge in [0.15, 0.2) is 5.69 Å². The summed E-state index contributed by atoms with van der Waals surface area (Å²) in [5.41, 5.74) is 5.49. The second-order valence-electron chi connectivity index (χ2n) is 6.95. The molecule has 28 heavy (non-hydrogen) atoms. The molecule has 0 atom stereocenters. The number of nitrogens with zero attached hydrogens (tertiary/aromatic N) is 2. The van der Waals surface area contributed by atoms with E-state index in [1.54, 1.807) is 4.68 Å². The molecule has 6 heteroatoms. The van der Waals surface area contributed by atoms with Gasteiger partial charge >= 0.3 is 0 Å². The van der Waals surface area contributed by atoms with E-state index in [0.717, 1.165) is 34.5 Å². The van der Waals surface area contributed by atoms with Crippen LogP contribution in [0.5, 0.6) is 5.75 Å². The lowest BCUT2D eigenvalue weighted by molar-refractivity contribution is 0.0946. The maximum absolute atomic E-state index is 12.8. The van der Waals surface area contributed by atoms with Gasteiger partial charge in [-0.15, -0.1) is 0 Å². The van der Waals surface area contributed by atoms with Crippen LogP contribution in [0.25, 0.3) is 22.2 Å². The highest BCUT2D eigenvalue weighted by Crippen LogP contribution is 2.38. The van der Waals surface area contributed by atoms with Gasteiger partial charge in [0.2, 0.25) is 0 Å². The summed E-state index contributed by atoms with van der Waals surface area (Å²) in [5, 5.41) is 8.67. The molecular weight excluding hydrogens is 352 g/mol. The molecule has 1 amide bonds. The summed E-state index contributed by atoms with van der Waals surface area (Å²) < 4.78 is 7.60. The Morgan fingerprint density at radius 1 is 1.21 bits per heavy atom. The van der Waals surface area contributed by atoms with E-state index in [2.05, 4.69) is 27.5 Å².